The molecule has 0 bridgehead atoms. The Hall–Kier alpha value is 0.300. The summed E-state index contributed by atoms with van der Waals surface area (Å²) in [7, 11) is 0. The zero-order valence-corrected chi connectivity index (χ0v) is 12.8. The Morgan fingerprint density at radius 1 is 1.50 bits per heavy atom. The first-order valence-corrected chi connectivity index (χ1v) is 7.90. The molecule has 1 nitrogen and oxygen atoms in total. The summed E-state index contributed by atoms with van der Waals surface area (Å²) in [4.78, 5) is 0. The Morgan fingerprint density at radius 2 is 2.25 bits per heavy atom. The summed E-state index contributed by atoms with van der Waals surface area (Å²) in [5, 5.41) is 4.31. The largest absolute Gasteiger partial charge is 0.309 e. The number of thioether (sulfide) groups is 1. The summed E-state index contributed by atoms with van der Waals surface area (Å²) in [6.07, 6.45) is 3.30. The number of rotatable bonds is 6. The maximum absolute atomic E-state index is 6.05. The third-order valence-electron chi connectivity index (χ3n) is 2.44. The van der Waals surface area contributed by atoms with Gasteiger partial charge in [0, 0.05) is 22.8 Å². The molecule has 0 aliphatic carbocycles. The number of nitrogens with one attached hydrogen (secondary N) is 1. The van der Waals surface area contributed by atoms with Crippen molar-refractivity contribution in [1.82, 2.24) is 5.32 Å². The molecular weight excluding hydrogens is 306 g/mol. The zero-order chi connectivity index (χ0) is 12.0. The molecule has 0 aliphatic rings. The summed E-state index contributed by atoms with van der Waals surface area (Å²) >= 11 is 11.3. The summed E-state index contributed by atoms with van der Waals surface area (Å²) in [6.45, 7) is 3.09. The molecular formula is C12H17BrClNS. The maximum Gasteiger partial charge on any atom is 0.0551 e. The van der Waals surface area contributed by atoms with Gasteiger partial charge in [-0.05, 0) is 46.3 Å². The van der Waals surface area contributed by atoms with Crippen LogP contribution in [-0.4, -0.2) is 18.1 Å². The standard InChI is InChI=1S/C12H17BrClNS/c1-3-10(8-16-2)15-7-9-4-5-11(13)12(14)6-9/h4-6,10,15H,3,7-8H2,1-2H3. The fourth-order valence-electron chi connectivity index (χ4n) is 1.43. The van der Waals surface area contributed by atoms with Crippen molar-refractivity contribution in [2.24, 2.45) is 0 Å². The lowest BCUT2D eigenvalue weighted by Crippen LogP contribution is -2.30. The van der Waals surface area contributed by atoms with Crippen LogP contribution < -0.4 is 5.32 Å². The zero-order valence-electron chi connectivity index (χ0n) is 9.59. The fraction of sp³-hybridized carbons (Fsp3) is 0.500. The predicted octanol–water partition coefficient (Wildman–Crippen LogP) is 4.33. The monoisotopic (exact) mass is 321 g/mol. The van der Waals surface area contributed by atoms with Crippen LogP contribution in [0.3, 0.4) is 0 Å². The van der Waals surface area contributed by atoms with E-state index in [1.165, 1.54) is 5.56 Å². The molecule has 1 rings (SSSR count). The Labute approximate surface area is 115 Å². The van der Waals surface area contributed by atoms with E-state index >= 15 is 0 Å². The first-order valence-electron chi connectivity index (χ1n) is 5.33. The molecule has 0 amide bonds. The van der Waals surface area contributed by atoms with Crippen LogP contribution in [0, 0.1) is 0 Å². The molecule has 0 spiro atoms. The minimum absolute atomic E-state index is 0.581. The molecule has 0 saturated heterocycles. The van der Waals surface area contributed by atoms with Crippen molar-refractivity contribution >= 4 is 39.3 Å². The van der Waals surface area contributed by atoms with E-state index in [1.54, 1.807) is 0 Å². The van der Waals surface area contributed by atoms with Gasteiger partial charge in [-0.25, -0.2) is 0 Å². The summed E-state index contributed by atoms with van der Waals surface area (Å²) < 4.78 is 0.953. The van der Waals surface area contributed by atoms with Crippen LogP contribution in [0.1, 0.15) is 18.9 Å². The van der Waals surface area contributed by atoms with Gasteiger partial charge >= 0.3 is 0 Å². The first kappa shape index (κ1) is 14.4. The highest BCUT2D eigenvalue weighted by molar-refractivity contribution is 9.10. The SMILES string of the molecule is CCC(CSC)NCc1ccc(Br)c(Cl)c1. The van der Waals surface area contributed by atoms with E-state index in [-0.39, 0.29) is 0 Å². The van der Waals surface area contributed by atoms with E-state index in [9.17, 15) is 0 Å². The molecule has 4 heteroatoms. The van der Waals surface area contributed by atoms with E-state index in [2.05, 4.69) is 40.5 Å². The Balaban J connectivity index is 2.50. The van der Waals surface area contributed by atoms with Crippen molar-refractivity contribution in [3.63, 3.8) is 0 Å². The van der Waals surface area contributed by atoms with Gasteiger partial charge in [-0.15, -0.1) is 0 Å². The average molecular weight is 323 g/mol. The van der Waals surface area contributed by atoms with Gasteiger partial charge in [0.05, 0.1) is 5.02 Å². The van der Waals surface area contributed by atoms with Crippen LogP contribution in [0.25, 0.3) is 0 Å². The highest BCUT2D eigenvalue weighted by atomic mass is 79.9. The van der Waals surface area contributed by atoms with Crippen LogP contribution in [0.5, 0.6) is 0 Å². The smallest absolute Gasteiger partial charge is 0.0551 e. The normalized spacial score (nSPS) is 12.8. The van der Waals surface area contributed by atoms with E-state index in [4.69, 9.17) is 11.6 Å². The molecule has 0 radical (unpaired) electrons. The van der Waals surface area contributed by atoms with Gasteiger partial charge in [-0.3, -0.25) is 0 Å². The molecule has 1 aromatic rings. The topological polar surface area (TPSA) is 12.0 Å². The second-order valence-electron chi connectivity index (χ2n) is 3.69. The maximum atomic E-state index is 6.05. The van der Waals surface area contributed by atoms with Gasteiger partial charge in [-0.1, -0.05) is 24.6 Å². The van der Waals surface area contributed by atoms with E-state index in [0.29, 0.717) is 6.04 Å². The fourth-order valence-corrected chi connectivity index (χ4v) is 2.64. The lowest BCUT2D eigenvalue weighted by molar-refractivity contribution is 0.541. The minimum Gasteiger partial charge on any atom is -0.309 e. The minimum atomic E-state index is 0.581. The van der Waals surface area contributed by atoms with E-state index < -0.39 is 0 Å². The molecule has 0 aromatic heterocycles. The van der Waals surface area contributed by atoms with Crippen LogP contribution in [0.15, 0.2) is 22.7 Å². The number of halogens is 2. The highest BCUT2D eigenvalue weighted by Gasteiger charge is 2.05. The van der Waals surface area contributed by atoms with Crippen LogP contribution in [0.4, 0.5) is 0 Å². The van der Waals surface area contributed by atoms with Crippen LogP contribution in [-0.2, 0) is 6.54 Å². The molecule has 0 fully saturated rings. The lowest BCUT2D eigenvalue weighted by Gasteiger charge is -2.15. The van der Waals surface area contributed by atoms with Crippen molar-refractivity contribution in [1.29, 1.82) is 0 Å². The van der Waals surface area contributed by atoms with Crippen molar-refractivity contribution in [2.75, 3.05) is 12.0 Å². The second kappa shape index (κ2) is 7.59. The van der Waals surface area contributed by atoms with Crippen molar-refractivity contribution in [2.45, 2.75) is 25.9 Å². The van der Waals surface area contributed by atoms with Crippen molar-refractivity contribution in [3.05, 3.63) is 33.3 Å². The summed E-state index contributed by atoms with van der Waals surface area (Å²) in [6, 6.07) is 6.67. The molecule has 16 heavy (non-hydrogen) atoms. The number of hydrogen-bond acceptors (Lipinski definition) is 2. The van der Waals surface area contributed by atoms with Crippen molar-refractivity contribution in [3.8, 4) is 0 Å². The predicted molar refractivity (Wildman–Crippen MR) is 78.5 cm³/mol. The van der Waals surface area contributed by atoms with Gasteiger partial charge in [0.2, 0.25) is 0 Å². The molecule has 1 N–H and O–H groups in total. The molecule has 0 aliphatic heterocycles. The summed E-state index contributed by atoms with van der Waals surface area (Å²) in [5.41, 5.74) is 1.23. The van der Waals surface area contributed by atoms with Gasteiger partial charge in [0.1, 0.15) is 0 Å². The Bertz CT molecular complexity index is 333. The van der Waals surface area contributed by atoms with Gasteiger partial charge in [0.25, 0.3) is 0 Å². The van der Waals surface area contributed by atoms with Gasteiger partial charge < -0.3 is 5.32 Å². The van der Waals surface area contributed by atoms with Gasteiger partial charge in [-0.2, -0.15) is 11.8 Å². The van der Waals surface area contributed by atoms with Crippen molar-refractivity contribution < 1.29 is 0 Å². The lowest BCUT2D eigenvalue weighted by atomic mass is 10.2. The van der Waals surface area contributed by atoms with E-state index in [0.717, 1.165) is 28.2 Å². The first-order chi connectivity index (χ1) is 7.67. The number of benzene rings is 1. The molecule has 0 saturated carbocycles. The van der Waals surface area contributed by atoms with Crippen LogP contribution >= 0.6 is 39.3 Å². The van der Waals surface area contributed by atoms with E-state index in [1.807, 2.05) is 23.9 Å². The summed E-state index contributed by atoms with van der Waals surface area (Å²) in [5.74, 6) is 1.15. The molecule has 90 valence electrons. The average Bonchev–Trinajstić information content (AvgIpc) is 2.28. The third-order valence-corrected chi connectivity index (χ3v) is 4.41. The van der Waals surface area contributed by atoms with Crippen LogP contribution in [0.2, 0.25) is 5.02 Å². The quantitative estimate of drug-likeness (QED) is 0.836. The second-order valence-corrected chi connectivity index (χ2v) is 5.86. The molecule has 1 aromatic carbocycles. The molecule has 1 unspecified atom stereocenters. The molecule has 1 atom stereocenters. The van der Waals surface area contributed by atoms with Gasteiger partial charge in [0.15, 0.2) is 0 Å². The number of hydrogen-bond donors (Lipinski definition) is 1. The Morgan fingerprint density at radius 3 is 2.81 bits per heavy atom. The molecule has 0 heterocycles. The third kappa shape index (κ3) is 4.66. The highest BCUT2D eigenvalue weighted by Crippen LogP contribution is 2.23. The Kier molecular flexibility index (Phi) is 6.81.